The van der Waals surface area contributed by atoms with Crippen LogP contribution < -0.4 is 10.3 Å². The molecule has 0 aliphatic carbocycles. The van der Waals surface area contributed by atoms with Crippen molar-refractivity contribution >= 4 is 0 Å². The van der Waals surface area contributed by atoms with E-state index < -0.39 is 54.8 Å². The number of hydrogen-bond acceptors (Lipinski definition) is 3. The zero-order chi connectivity index (χ0) is 20.7. The van der Waals surface area contributed by atoms with Gasteiger partial charge in [0.05, 0.1) is 25.9 Å². The quantitative estimate of drug-likeness (QED) is 0.837. The van der Waals surface area contributed by atoms with Gasteiger partial charge in [-0.25, -0.2) is 0 Å². The minimum absolute atomic E-state index is 0.0933. The molecule has 0 aliphatic rings. The lowest BCUT2D eigenvalue weighted by atomic mass is 10.2. The van der Waals surface area contributed by atoms with Crippen LogP contribution in [0.3, 0.4) is 0 Å². The largest absolute Gasteiger partial charge is 0.497 e. The van der Waals surface area contributed by atoms with Crippen molar-refractivity contribution in [3.05, 3.63) is 58.4 Å². The predicted octanol–water partition coefficient (Wildman–Crippen LogP) is 1.99. The molecule has 0 fully saturated rings. The molecule has 0 saturated carbocycles. The summed E-state index contributed by atoms with van der Waals surface area (Å²) in [5, 5.41) is 0. The molecule has 0 atom stereocenters. The molecule has 0 spiro atoms. The van der Waals surface area contributed by atoms with Crippen LogP contribution in [-0.2, 0) is 11.3 Å². The number of pyridine rings is 1. The van der Waals surface area contributed by atoms with Crippen LogP contribution in [0, 0.1) is 0 Å². The Labute approximate surface area is 118 Å². The summed E-state index contributed by atoms with van der Waals surface area (Å²) in [7, 11) is -1.87. The molecule has 0 N–H and O–H groups in total. The molecule has 1 aromatic carbocycles. The molecule has 4 nitrogen and oxygen atoms in total. The van der Waals surface area contributed by atoms with Crippen molar-refractivity contribution < 1.29 is 21.8 Å². The third kappa shape index (κ3) is 2.60. The second-order valence-corrected chi connectivity index (χ2v) is 3.21. The van der Waals surface area contributed by atoms with E-state index in [2.05, 4.69) is 4.74 Å². The normalized spacial score (nSPS) is 19.1. The van der Waals surface area contributed by atoms with Gasteiger partial charge in [0.25, 0.3) is 5.56 Å². The van der Waals surface area contributed by atoms with Gasteiger partial charge in [-0.05, 0) is 35.8 Å². The van der Waals surface area contributed by atoms with E-state index in [-0.39, 0.29) is 5.56 Å². The maximum atomic E-state index is 12.2. The molecule has 0 bridgehead atoms. The van der Waals surface area contributed by atoms with Crippen LogP contribution in [0.1, 0.15) is 17.9 Å². The highest BCUT2D eigenvalue weighted by atomic mass is 16.5. The minimum atomic E-state index is -2.99. The lowest BCUT2D eigenvalue weighted by Crippen LogP contribution is -2.17. The molecule has 4 heteroatoms. The molecule has 94 valence electrons. The molecule has 0 unspecified atom stereocenters. The molecule has 2 aromatic rings. The fraction of sp³-hybridized carbons (Fsp3) is 0.214. The van der Waals surface area contributed by atoms with Gasteiger partial charge in [0, 0.05) is 25.1 Å². The van der Waals surface area contributed by atoms with E-state index in [0.717, 1.165) is 23.9 Å². The van der Waals surface area contributed by atoms with E-state index in [1.165, 1.54) is 6.07 Å². The van der Waals surface area contributed by atoms with Crippen LogP contribution in [-0.4, -0.2) is 18.7 Å². The highest BCUT2D eigenvalue weighted by Gasteiger charge is 2.02. The van der Waals surface area contributed by atoms with Crippen molar-refractivity contribution in [2.24, 2.45) is 0 Å². The first-order chi connectivity index (χ1) is 12.3. The summed E-state index contributed by atoms with van der Waals surface area (Å²) in [6, 6.07) is -0.834. The molecular weight excluding hydrogens is 230 g/mol. The molecule has 0 amide bonds. The van der Waals surface area contributed by atoms with Crippen molar-refractivity contribution in [3.63, 3.8) is 0 Å². The van der Waals surface area contributed by atoms with E-state index in [1.54, 1.807) is 0 Å². The van der Waals surface area contributed by atoms with Gasteiger partial charge in [0.15, 0.2) is 0 Å². The summed E-state index contributed by atoms with van der Waals surface area (Å²) < 4.78 is 78.7. The van der Waals surface area contributed by atoms with E-state index in [0.29, 0.717) is 0 Å². The maximum Gasteiger partial charge on any atom is 0.255 e. The standard InChI is InChI=1S/C14H15NO3/c1-17-10-11-3-8-14(16)15(9-11)12-4-6-13(18-2)7-5-12/h3-9H,10H2,1-2H3/i2D3,4D,5D,6D,7D,10D2. The van der Waals surface area contributed by atoms with Gasteiger partial charge in [-0.15, -0.1) is 0 Å². The first kappa shape index (κ1) is 5.28. The Bertz CT molecular complexity index is 908. The molecule has 0 radical (unpaired) electrons. The van der Waals surface area contributed by atoms with Gasteiger partial charge in [-0.2, -0.15) is 0 Å². The summed E-state index contributed by atoms with van der Waals surface area (Å²) in [5.41, 5.74) is -1.30. The highest BCUT2D eigenvalue weighted by Crippen LogP contribution is 2.14. The van der Waals surface area contributed by atoms with Gasteiger partial charge in [-0.3, -0.25) is 9.36 Å². The maximum absolute atomic E-state index is 12.2. The van der Waals surface area contributed by atoms with Gasteiger partial charge >= 0.3 is 0 Å². The number of rotatable bonds is 4. The number of hydrogen-bond donors (Lipinski definition) is 0. The lowest BCUT2D eigenvalue weighted by molar-refractivity contribution is 0.184. The van der Waals surface area contributed by atoms with Gasteiger partial charge in [-0.1, -0.05) is 0 Å². The van der Waals surface area contributed by atoms with Crippen molar-refractivity contribution in [1.82, 2.24) is 4.57 Å². The van der Waals surface area contributed by atoms with Crippen LogP contribution in [0.2, 0.25) is 0 Å². The zero-order valence-electron chi connectivity index (χ0n) is 18.4. The SMILES string of the molecule is [2H]c1c([2H])c(-n2cc(C([2H])([2H])OC)ccc2=O)c([2H])c([2H])c1OC([2H])([2H])[2H]. The van der Waals surface area contributed by atoms with E-state index in [9.17, 15) is 4.79 Å². The van der Waals surface area contributed by atoms with Crippen LogP contribution in [0.15, 0.2) is 47.3 Å². The van der Waals surface area contributed by atoms with E-state index in [4.69, 9.17) is 17.1 Å². The van der Waals surface area contributed by atoms with Crippen LogP contribution in [0.25, 0.3) is 5.69 Å². The minimum Gasteiger partial charge on any atom is -0.497 e. The Hall–Kier alpha value is -2.07. The van der Waals surface area contributed by atoms with Crippen molar-refractivity contribution in [2.75, 3.05) is 14.1 Å². The molecule has 1 heterocycles. The van der Waals surface area contributed by atoms with Gasteiger partial charge in [0.2, 0.25) is 0 Å². The van der Waals surface area contributed by atoms with Gasteiger partial charge < -0.3 is 9.47 Å². The summed E-state index contributed by atoms with van der Waals surface area (Å²) >= 11 is 0. The molecule has 1 aromatic heterocycles. The van der Waals surface area contributed by atoms with Crippen LogP contribution in [0.5, 0.6) is 5.75 Å². The van der Waals surface area contributed by atoms with Gasteiger partial charge in [0.1, 0.15) is 5.75 Å². The van der Waals surface area contributed by atoms with Crippen molar-refractivity contribution in [2.45, 2.75) is 6.56 Å². The fourth-order valence-electron chi connectivity index (χ4n) is 1.31. The Morgan fingerprint density at radius 3 is 2.83 bits per heavy atom. The summed E-state index contributed by atoms with van der Waals surface area (Å²) in [5.74, 6) is -0.773. The summed E-state index contributed by atoms with van der Waals surface area (Å²) in [6.45, 7) is -2.27. The van der Waals surface area contributed by atoms with Crippen molar-refractivity contribution in [3.8, 4) is 11.4 Å². The zero-order valence-corrected chi connectivity index (χ0v) is 9.40. The predicted molar refractivity (Wildman–Crippen MR) is 69.3 cm³/mol. The van der Waals surface area contributed by atoms with Crippen LogP contribution >= 0.6 is 0 Å². The summed E-state index contributed by atoms with van der Waals surface area (Å²) in [4.78, 5) is 12.2. The Kier molecular flexibility index (Phi) is 1.62. The molecule has 2 rings (SSSR count). The molecule has 0 aliphatic heterocycles. The third-order valence-electron chi connectivity index (χ3n) is 2.06. The first-order valence-electron chi connectivity index (χ1n) is 9.38. The number of methoxy groups -OCH3 is 2. The average Bonchev–Trinajstić information content (AvgIpc) is 2.57. The topological polar surface area (TPSA) is 40.5 Å². The number of nitrogens with zero attached hydrogens (tertiary/aromatic N) is 1. The second kappa shape index (κ2) is 5.51. The van der Waals surface area contributed by atoms with E-state index in [1.807, 2.05) is 0 Å². The second-order valence-electron chi connectivity index (χ2n) is 3.21. The number of ether oxygens (including phenoxy) is 2. The third-order valence-corrected chi connectivity index (χ3v) is 2.06. The smallest absolute Gasteiger partial charge is 0.255 e. The number of aromatic nitrogens is 1. The monoisotopic (exact) mass is 254 g/mol. The van der Waals surface area contributed by atoms with Crippen LogP contribution in [0.4, 0.5) is 0 Å². The molecular formula is C14H15NO3. The lowest BCUT2D eigenvalue weighted by Gasteiger charge is -2.08. The Morgan fingerprint density at radius 2 is 2.17 bits per heavy atom. The van der Waals surface area contributed by atoms with Crippen molar-refractivity contribution in [1.29, 1.82) is 0 Å². The summed E-state index contributed by atoms with van der Waals surface area (Å²) in [6.07, 6.45) is 1.00. The highest BCUT2D eigenvalue weighted by molar-refractivity contribution is 5.38. The fourth-order valence-corrected chi connectivity index (χ4v) is 1.31. The molecule has 0 saturated heterocycles. The average molecular weight is 254 g/mol. The Balaban J connectivity index is 2.78. The number of benzene rings is 1. The first-order valence-corrected chi connectivity index (χ1v) is 4.88. The Morgan fingerprint density at radius 1 is 1.39 bits per heavy atom. The molecule has 18 heavy (non-hydrogen) atoms. The van der Waals surface area contributed by atoms with E-state index >= 15 is 0 Å².